The fraction of sp³-hybridized carbons (Fsp3) is 0.417. The Balaban J connectivity index is 2.75. The third-order valence-corrected chi connectivity index (χ3v) is 2.57. The molecule has 2 unspecified atom stereocenters. The number of aliphatic carboxylic acids is 1. The first-order chi connectivity index (χ1) is 7.91. The maximum Gasteiger partial charge on any atom is 0.303 e. The van der Waals surface area contributed by atoms with Crippen molar-refractivity contribution in [3.8, 4) is 0 Å². The number of hydrogen-bond donors (Lipinski definition) is 2. The first kappa shape index (κ1) is 13.6. The molecule has 0 saturated heterocycles. The zero-order valence-electron chi connectivity index (χ0n) is 9.31. The number of halogens is 2. The molecule has 0 radical (unpaired) electrons. The van der Waals surface area contributed by atoms with Crippen molar-refractivity contribution in [1.82, 2.24) is 0 Å². The SMILES string of the molecule is CC(CC(=O)O)C(O)c1ccc(C(F)F)cc1. The average molecular weight is 244 g/mol. The Bertz CT molecular complexity index is 376. The Morgan fingerprint density at radius 3 is 2.12 bits per heavy atom. The van der Waals surface area contributed by atoms with Gasteiger partial charge in [-0.25, -0.2) is 8.78 Å². The standard InChI is InChI=1S/C12H14F2O3/c1-7(6-10(15)16)11(17)8-2-4-9(5-3-8)12(13)14/h2-5,7,11-12,17H,6H2,1H3,(H,15,16). The lowest BCUT2D eigenvalue weighted by Crippen LogP contribution is -2.13. The number of benzene rings is 1. The fourth-order valence-electron chi connectivity index (χ4n) is 1.55. The van der Waals surface area contributed by atoms with E-state index in [1.54, 1.807) is 6.92 Å². The number of alkyl halides is 2. The van der Waals surface area contributed by atoms with Gasteiger partial charge in [-0.3, -0.25) is 4.79 Å². The fourth-order valence-corrected chi connectivity index (χ4v) is 1.55. The zero-order valence-corrected chi connectivity index (χ0v) is 9.31. The number of hydrogen-bond acceptors (Lipinski definition) is 2. The van der Waals surface area contributed by atoms with Crippen molar-refractivity contribution in [2.24, 2.45) is 5.92 Å². The van der Waals surface area contributed by atoms with Crippen LogP contribution < -0.4 is 0 Å². The van der Waals surface area contributed by atoms with E-state index in [1.165, 1.54) is 24.3 Å². The molecule has 5 heteroatoms. The van der Waals surface area contributed by atoms with E-state index in [1.807, 2.05) is 0 Å². The Morgan fingerprint density at radius 2 is 1.71 bits per heavy atom. The first-order valence-corrected chi connectivity index (χ1v) is 5.19. The van der Waals surface area contributed by atoms with Gasteiger partial charge < -0.3 is 10.2 Å². The van der Waals surface area contributed by atoms with Crippen LogP contribution in [-0.2, 0) is 4.79 Å². The molecule has 1 rings (SSSR count). The van der Waals surface area contributed by atoms with Crippen LogP contribution in [0, 0.1) is 5.92 Å². The lowest BCUT2D eigenvalue weighted by atomic mass is 9.94. The van der Waals surface area contributed by atoms with E-state index in [4.69, 9.17) is 5.11 Å². The molecule has 2 N–H and O–H groups in total. The summed E-state index contributed by atoms with van der Waals surface area (Å²) in [6.07, 6.45) is -3.67. The van der Waals surface area contributed by atoms with E-state index in [9.17, 15) is 18.7 Å². The largest absolute Gasteiger partial charge is 0.481 e. The van der Waals surface area contributed by atoms with E-state index in [-0.39, 0.29) is 12.0 Å². The maximum absolute atomic E-state index is 12.3. The number of carbonyl (C=O) groups is 1. The molecule has 0 heterocycles. The lowest BCUT2D eigenvalue weighted by molar-refractivity contribution is -0.139. The van der Waals surface area contributed by atoms with Gasteiger partial charge in [0.1, 0.15) is 0 Å². The second-order valence-electron chi connectivity index (χ2n) is 3.99. The lowest BCUT2D eigenvalue weighted by Gasteiger charge is -2.17. The number of aliphatic hydroxyl groups is 1. The van der Waals surface area contributed by atoms with Crippen LogP contribution in [0.1, 0.15) is 37.0 Å². The second kappa shape index (κ2) is 5.72. The minimum Gasteiger partial charge on any atom is -0.481 e. The molecule has 94 valence electrons. The minimum atomic E-state index is -2.54. The highest BCUT2D eigenvalue weighted by molar-refractivity contribution is 5.67. The molecule has 0 aliphatic rings. The van der Waals surface area contributed by atoms with Gasteiger partial charge in [0.15, 0.2) is 0 Å². The molecule has 0 aromatic heterocycles. The van der Waals surface area contributed by atoms with Gasteiger partial charge in [0.25, 0.3) is 6.43 Å². The van der Waals surface area contributed by atoms with Gasteiger partial charge in [0.2, 0.25) is 0 Å². The van der Waals surface area contributed by atoms with Gasteiger partial charge in [0, 0.05) is 5.56 Å². The van der Waals surface area contributed by atoms with Crippen molar-refractivity contribution in [2.45, 2.75) is 25.9 Å². The highest BCUT2D eigenvalue weighted by Gasteiger charge is 2.19. The summed E-state index contributed by atoms with van der Waals surface area (Å²) >= 11 is 0. The Kier molecular flexibility index (Phi) is 4.57. The maximum atomic E-state index is 12.3. The van der Waals surface area contributed by atoms with Crippen LogP contribution in [0.5, 0.6) is 0 Å². The summed E-state index contributed by atoms with van der Waals surface area (Å²) < 4.78 is 24.6. The third-order valence-electron chi connectivity index (χ3n) is 2.57. The first-order valence-electron chi connectivity index (χ1n) is 5.19. The molecule has 1 aromatic rings. The molecule has 1 aromatic carbocycles. The number of aliphatic hydroxyl groups excluding tert-OH is 1. The van der Waals surface area contributed by atoms with Crippen LogP contribution in [0.2, 0.25) is 0 Å². The highest BCUT2D eigenvalue weighted by Crippen LogP contribution is 2.26. The quantitative estimate of drug-likeness (QED) is 0.837. The van der Waals surface area contributed by atoms with Gasteiger partial charge in [-0.2, -0.15) is 0 Å². The number of carboxylic acids is 1. The molecule has 0 saturated carbocycles. The van der Waals surface area contributed by atoms with Crippen LogP contribution in [0.15, 0.2) is 24.3 Å². The van der Waals surface area contributed by atoms with Crippen molar-refractivity contribution in [3.63, 3.8) is 0 Å². The van der Waals surface area contributed by atoms with E-state index in [0.29, 0.717) is 5.56 Å². The molecule has 0 fully saturated rings. The van der Waals surface area contributed by atoms with Gasteiger partial charge in [-0.1, -0.05) is 31.2 Å². The zero-order chi connectivity index (χ0) is 13.0. The highest BCUT2D eigenvalue weighted by atomic mass is 19.3. The predicted molar refractivity (Wildman–Crippen MR) is 57.8 cm³/mol. The molecule has 2 atom stereocenters. The van der Waals surface area contributed by atoms with Crippen LogP contribution in [0.3, 0.4) is 0 Å². The summed E-state index contributed by atoms with van der Waals surface area (Å²) in [5.74, 6) is -1.47. The second-order valence-corrected chi connectivity index (χ2v) is 3.99. The number of rotatable bonds is 5. The molecule has 0 amide bonds. The van der Waals surface area contributed by atoms with Gasteiger partial charge in [0.05, 0.1) is 12.5 Å². The molecule has 3 nitrogen and oxygen atoms in total. The van der Waals surface area contributed by atoms with Gasteiger partial charge in [-0.15, -0.1) is 0 Å². The van der Waals surface area contributed by atoms with E-state index in [0.717, 1.165) is 0 Å². The van der Waals surface area contributed by atoms with Crippen molar-refractivity contribution in [2.75, 3.05) is 0 Å². The van der Waals surface area contributed by atoms with Crippen molar-refractivity contribution < 1.29 is 23.8 Å². The molecular formula is C12H14F2O3. The van der Waals surface area contributed by atoms with E-state index < -0.39 is 24.4 Å². The minimum absolute atomic E-state index is 0.119. The van der Waals surface area contributed by atoms with Crippen LogP contribution >= 0.6 is 0 Å². The van der Waals surface area contributed by atoms with E-state index in [2.05, 4.69) is 0 Å². The van der Waals surface area contributed by atoms with Gasteiger partial charge in [-0.05, 0) is 11.5 Å². The summed E-state index contributed by atoms with van der Waals surface area (Å²) in [4.78, 5) is 10.5. The smallest absolute Gasteiger partial charge is 0.303 e. The third kappa shape index (κ3) is 3.78. The molecule has 0 bridgehead atoms. The van der Waals surface area contributed by atoms with Crippen LogP contribution in [-0.4, -0.2) is 16.2 Å². The Morgan fingerprint density at radius 1 is 1.24 bits per heavy atom. The van der Waals surface area contributed by atoms with Crippen molar-refractivity contribution >= 4 is 5.97 Å². The molecular weight excluding hydrogens is 230 g/mol. The number of carboxylic acid groups (broad SMARTS) is 1. The summed E-state index contributed by atoms with van der Waals surface area (Å²) in [5.41, 5.74) is 0.329. The predicted octanol–water partition coefficient (Wildman–Crippen LogP) is 2.77. The van der Waals surface area contributed by atoms with E-state index >= 15 is 0 Å². The summed E-state index contributed by atoms with van der Waals surface area (Å²) in [6.45, 7) is 1.60. The molecule has 0 spiro atoms. The van der Waals surface area contributed by atoms with Crippen LogP contribution in [0.4, 0.5) is 8.78 Å². The summed E-state index contributed by atoms with van der Waals surface area (Å²) in [7, 11) is 0. The summed E-state index contributed by atoms with van der Waals surface area (Å²) in [5, 5.41) is 18.4. The summed E-state index contributed by atoms with van der Waals surface area (Å²) in [6, 6.07) is 5.25. The molecule has 0 aliphatic carbocycles. The topological polar surface area (TPSA) is 57.5 Å². The molecule has 0 aliphatic heterocycles. The Labute approximate surface area is 97.7 Å². The monoisotopic (exact) mass is 244 g/mol. The van der Waals surface area contributed by atoms with Crippen molar-refractivity contribution in [3.05, 3.63) is 35.4 Å². The molecule has 17 heavy (non-hydrogen) atoms. The van der Waals surface area contributed by atoms with Crippen LogP contribution in [0.25, 0.3) is 0 Å². The Hall–Kier alpha value is -1.49. The van der Waals surface area contributed by atoms with Gasteiger partial charge >= 0.3 is 5.97 Å². The average Bonchev–Trinajstić information content (AvgIpc) is 2.27. The van der Waals surface area contributed by atoms with Crippen molar-refractivity contribution in [1.29, 1.82) is 0 Å². The normalized spacial score (nSPS) is 14.6.